The van der Waals surface area contributed by atoms with Gasteiger partial charge in [0.25, 0.3) is 5.91 Å². The highest BCUT2D eigenvalue weighted by atomic mass is 35.5. The van der Waals surface area contributed by atoms with E-state index < -0.39 is 17.3 Å². The van der Waals surface area contributed by atoms with Crippen molar-refractivity contribution in [2.24, 2.45) is 0 Å². The molecule has 5 rings (SSSR count). The third-order valence-corrected chi connectivity index (χ3v) is 6.95. The summed E-state index contributed by atoms with van der Waals surface area (Å²) in [6.45, 7) is 1.86. The summed E-state index contributed by atoms with van der Waals surface area (Å²) in [6, 6.07) is 8.15. The fraction of sp³-hybridized carbons (Fsp3) is 0.182. The molecule has 2 unspecified atom stereocenters. The summed E-state index contributed by atoms with van der Waals surface area (Å²) in [4.78, 5) is 37.1. The number of ether oxygens (including phenoxy) is 1. The van der Waals surface area contributed by atoms with Crippen LogP contribution in [0.15, 0.2) is 48.8 Å². The Kier molecular flexibility index (Phi) is 4.83. The van der Waals surface area contributed by atoms with E-state index in [4.69, 9.17) is 16.3 Å². The van der Waals surface area contributed by atoms with Gasteiger partial charge in [0.2, 0.25) is 0 Å². The molecule has 1 aromatic carbocycles. The molecule has 1 N–H and O–H groups in total. The fourth-order valence-electron chi connectivity index (χ4n) is 3.75. The van der Waals surface area contributed by atoms with E-state index in [9.17, 15) is 9.59 Å². The molecule has 7 nitrogen and oxygen atoms in total. The quantitative estimate of drug-likeness (QED) is 0.641. The zero-order valence-corrected chi connectivity index (χ0v) is 18.2. The van der Waals surface area contributed by atoms with Gasteiger partial charge in [-0.2, -0.15) is 0 Å². The smallest absolute Gasteiger partial charge is 0.329 e. The zero-order valence-electron chi connectivity index (χ0n) is 16.6. The minimum atomic E-state index is -0.518. The van der Waals surface area contributed by atoms with Crippen LogP contribution in [0.1, 0.15) is 11.3 Å². The SMILES string of the molecule is COc1ccc(Cl)c(C2=CC3NC(=O)N(c4cncc5ccc(C)nc45)C(=O)C3S2)c1. The molecule has 3 amide bonds. The van der Waals surface area contributed by atoms with Crippen molar-refractivity contribution < 1.29 is 14.3 Å². The lowest BCUT2D eigenvalue weighted by Gasteiger charge is -2.33. The predicted molar refractivity (Wildman–Crippen MR) is 121 cm³/mol. The maximum absolute atomic E-state index is 13.4. The van der Waals surface area contributed by atoms with Gasteiger partial charge in [0.1, 0.15) is 11.0 Å². The van der Waals surface area contributed by atoms with Gasteiger partial charge < -0.3 is 10.1 Å². The third kappa shape index (κ3) is 3.32. The van der Waals surface area contributed by atoms with Crippen LogP contribution in [0.3, 0.4) is 0 Å². The highest BCUT2D eigenvalue weighted by molar-refractivity contribution is 8.09. The number of aromatic nitrogens is 2. The van der Waals surface area contributed by atoms with Crippen LogP contribution in [0.5, 0.6) is 5.75 Å². The topological polar surface area (TPSA) is 84.4 Å². The van der Waals surface area contributed by atoms with Gasteiger partial charge in [-0.25, -0.2) is 9.69 Å². The second-order valence-electron chi connectivity index (χ2n) is 7.25. The number of aryl methyl sites for hydroxylation is 1. The first-order chi connectivity index (χ1) is 15.0. The number of urea groups is 1. The van der Waals surface area contributed by atoms with E-state index >= 15 is 0 Å². The molecule has 156 valence electrons. The van der Waals surface area contributed by atoms with Crippen molar-refractivity contribution in [2.75, 3.05) is 12.0 Å². The number of rotatable bonds is 3. The number of methoxy groups -OCH3 is 1. The molecule has 1 fully saturated rings. The van der Waals surface area contributed by atoms with Gasteiger partial charge in [0.05, 0.1) is 30.6 Å². The summed E-state index contributed by atoms with van der Waals surface area (Å²) in [5, 5.41) is 3.71. The van der Waals surface area contributed by atoms with Crippen molar-refractivity contribution in [1.29, 1.82) is 0 Å². The van der Waals surface area contributed by atoms with Gasteiger partial charge in [0.15, 0.2) is 0 Å². The van der Waals surface area contributed by atoms with E-state index in [-0.39, 0.29) is 5.91 Å². The van der Waals surface area contributed by atoms with Gasteiger partial charge in [-0.3, -0.25) is 14.8 Å². The van der Waals surface area contributed by atoms with Crippen molar-refractivity contribution in [3.05, 3.63) is 65.1 Å². The largest absolute Gasteiger partial charge is 0.497 e. The first-order valence-electron chi connectivity index (χ1n) is 9.54. The van der Waals surface area contributed by atoms with Crippen LogP contribution in [-0.2, 0) is 4.79 Å². The van der Waals surface area contributed by atoms with Crippen LogP contribution in [0.4, 0.5) is 10.5 Å². The summed E-state index contributed by atoms with van der Waals surface area (Å²) < 4.78 is 5.30. The predicted octanol–water partition coefficient (Wildman–Crippen LogP) is 4.18. The average Bonchev–Trinajstić information content (AvgIpc) is 3.18. The van der Waals surface area contributed by atoms with Gasteiger partial charge in [0, 0.05) is 32.8 Å². The molecule has 2 atom stereocenters. The lowest BCUT2D eigenvalue weighted by molar-refractivity contribution is -0.118. The van der Waals surface area contributed by atoms with E-state index in [1.165, 1.54) is 18.0 Å². The van der Waals surface area contributed by atoms with E-state index in [0.717, 1.165) is 26.4 Å². The molecule has 31 heavy (non-hydrogen) atoms. The molecule has 0 aliphatic carbocycles. The highest BCUT2D eigenvalue weighted by Crippen LogP contribution is 2.45. The number of carbonyl (C=O) groups is 2. The Morgan fingerprint density at radius 3 is 2.84 bits per heavy atom. The van der Waals surface area contributed by atoms with Gasteiger partial charge >= 0.3 is 6.03 Å². The molecular weight excluding hydrogens is 436 g/mol. The second kappa shape index (κ2) is 7.55. The van der Waals surface area contributed by atoms with Crippen molar-refractivity contribution in [1.82, 2.24) is 15.3 Å². The molecule has 0 bridgehead atoms. The number of amides is 3. The summed E-state index contributed by atoms with van der Waals surface area (Å²) in [5.41, 5.74) is 2.48. The molecular formula is C22H17ClN4O3S. The van der Waals surface area contributed by atoms with E-state index in [0.29, 0.717) is 22.0 Å². The lowest BCUT2D eigenvalue weighted by Crippen LogP contribution is -2.60. The second-order valence-corrected chi connectivity index (χ2v) is 8.84. The highest BCUT2D eigenvalue weighted by Gasteiger charge is 2.46. The number of pyridine rings is 2. The summed E-state index contributed by atoms with van der Waals surface area (Å²) in [5.74, 6) is 0.345. The number of nitrogens with zero attached hydrogens (tertiary/aromatic N) is 3. The summed E-state index contributed by atoms with van der Waals surface area (Å²) in [6.07, 6.45) is 5.03. The molecule has 0 radical (unpaired) electrons. The van der Waals surface area contributed by atoms with Gasteiger partial charge in [-0.1, -0.05) is 11.6 Å². The Morgan fingerprint density at radius 2 is 2.03 bits per heavy atom. The normalized spacial score (nSPS) is 20.5. The minimum Gasteiger partial charge on any atom is -0.497 e. The molecule has 0 saturated carbocycles. The minimum absolute atomic E-state index is 0.318. The molecule has 9 heteroatoms. The first-order valence-corrected chi connectivity index (χ1v) is 10.8. The summed E-state index contributed by atoms with van der Waals surface area (Å²) >= 11 is 7.76. The molecule has 4 heterocycles. The first kappa shape index (κ1) is 19.8. The third-order valence-electron chi connectivity index (χ3n) is 5.27. The Balaban J connectivity index is 1.51. The number of thioether (sulfide) groups is 1. The number of hydrogen-bond donors (Lipinski definition) is 1. The van der Waals surface area contributed by atoms with Crippen LogP contribution in [0.25, 0.3) is 15.8 Å². The number of fused-ring (bicyclic) bond motifs is 2. The Hall–Kier alpha value is -3.10. The van der Waals surface area contributed by atoms with Crippen molar-refractivity contribution in [3.8, 4) is 5.75 Å². The Bertz CT molecular complexity index is 1280. The van der Waals surface area contributed by atoms with E-state index in [2.05, 4.69) is 15.3 Å². The summed E-state index contributed by atoms with van der Waals surface area (Å²) in [7, 11) is 1.58. The zero-order chi connectivity index (χ0) is 21.7. The molecule has 2 aliphatic heterocycles. The molecule has 1 saturated heterocycles. The Morgan fingerprint density at radius 1 is 1.19 bits per heavy atom. The molecule has 2 aromatic heterocycles. The van der Waals surface area contributed by atoms with Crippen molar-refractivity contribution in [2.45, 2.75) is 18.2 Å². The number of hydrogen-bond acceptors (Lipinski definition) is 6. The molecule has 3 aromatic rings. The number of carbonyl (C=O) groups excluding carboxylic acids is 2. The standard InChI is InChI=1S/C22H17ClN4O3S/c1-11-3-4-12-9-24-10-17(19(12)25-11)27-21(28)20-16(26-22(27)29)8-18(31-20)14-7-13(30-2)5-6-15(14)23/h3-10,16,20H,1-2H3,(H,26,29). The number of halogens is 1. The van der Waals surface area contributed by atoms with E-state index in [1.807, 2.05) is 31.2 Å². The van der Waals surface area contributed by atoms with Gasteiger partial charge in [-0.15, -0.1) is 11.8 Å². The Labute approximate surface area is 187 Å². The average molecular weight is 453 g/mol. The number of nitrogens with one attached hydrogen (secondary N) is 1. The molecule has 0 spiro atoms. The van der Waals surface area contributed by atoms with Crippen LogP contribution in [0.2, 0.25) is 5.02 Å². The lowest BCUT2D eigenvalue weighted by atomic mass is 10.1. The van der Waals surface area contributed by atoms with Crippen LogP contribution < -0.4 is 15.0 Å². The number of benzene rings is 1. The van der Waals surface area contributed by atoms with Crippen LogP contribution >= 0.6 is 23.4 Å². The fourth-order valence-corrected chi connectivity index (χ4v) is 5.32. The molecule has 2 aliphatic rings. The van der Waals surface area contributed by atoms with Crippen LogP contribution in [0, 0.1) is 6.92 Å². The van der Waals surface area contributed by atoms with Crippen molar-refractivity contribution >= 4 is 56.8 Å². The van der Waals surface area contributed by atoms with Crippen LogP contribution in [-0.4, -0.2) is 40.3 Å². The number of anilines is 1. The van der Waals surface area contributed by atoms with Crippen molar-refractivity contribution in [3.63, 3.8) is 0 Å². The number of imide groups is 1. The van der Waals surface area contributed by atoms with Gasteiger partial charge in [-0.05, 0) is 43.3 Å². The maximum atomic E-state index is 13.4. The maximum Gasteiger partial charge on any atom is 0.329 e. The van der Waals surface area contributed by atoms with E-state index in [1.54, 1.807) is 25.4 Å². The monoisotopic (exact) mass is 452 g/mol.